The van der Waals surface area contributed by atoms with Crippen molar-refractivity contribution in [2.45, 2.75) is 13.5 Å². The Bertz CT molecular complexity index is 995. The highest BCUT2D eigenvalue weighted by atomic mass is 16.5. The van der Waals surface area contributed by atoms with Gasteiger partial charge in [0.1, 0.15) is 11.6 Å². The minimum absolute atomic E-state index is 0.172. The zero-order chi connectivity index (χ0) is 18.0. The van der Waals surface area contributed by atoms with Crippen LogP contribution < -0.4 is 10.3 Å². The summed E-state index contributed by atoms with van der Waals surface area (Å²) in [5.74, 6) is 0.934. The lowest BCUT2D eigenvalue weighted by atomic mass is 10.1. The fourth-order valence-corrected chi connectivity index (χ4v) is 2.68. The minimum atomic E-state index is -0.210. The third-order valence-corrected chi connectivity index (χ3v) is 4.05. The predicted molar refractivity (Wildman–Crippen MR) is 95.9 cm³/mol. The van der Waals surface area contributed by atoms with E-state index < -0.39 is 0 Å². The Morgan fingerprint density at radius 1 is 1.24 bits per heavy atom. The summed E-state index contributed by atoms with van der Waals surface area (Å²) in [6, 6.07) is 12.4. The number of carbonyl (C=O) groups is 1. The molecular weight excluding hydrogens is 318 g/mol. The van der Waals surface area contributed by atoms with E-state index in [-0.39, 0.29) is 18.0 Å². The van der Waals surface area contributed by atoms with Crippen LogP contribution in [-0.4, -0.2) is 34.9 Å². The highest BCUT2D eigenvalue weighted by Gasteiger charge is 2.15. The Hall–Kier alpha value is -3.15. The first kappa shape index (κ1) is 16.7. The van der Waals surface area contributed by atoms with E-state index in [2.05, 4.69) is 9.97 Å². The second-order valence-corrected chi connectivity index (χ2v) is 5.88. The van der Waals surface area contributed by atoms with Crippen LogP contribution in [0, 0.1) is 6.92 Å². The number of methoxy groups -OCH3 is 1. The highest BCUT2D eigenvalue weighted by molar-refractivity contribution is 5.94. The van der Waals surface area contributed by atoms with Crippen LogP contribution in [0.4, 0.5) is 0 Å². The van der Waals surface area contributed by atoms with Crippen molar-refractivity contribution >= 4 is 16.8 Å². The molecule has 6 heteroatoms. The van der Waals surface area contributed by atoms with Gasteiger partial charge in [0.25, 0.3) is 11.5 Å². The molecule has 1 aromatic heterocycles. The van der Waals surface area contributed by atoms with Gasteiger partial charge in [-0.25, -0.2) is 4.98 Å². The van der Waals surface area contributed by atoms with Gasteiger partial charge in [-0.3, -0.25) is 9.59 Å². The number of hydrogen-bond donors (Lipinski definition) is 1. The molecule has 3 aromatic rings. The number of hydrogen-bond acceptors (Lipinski definition) is 4. The first-order valence-corrected chi connectivity index (χ1v) is 7.87. The number of ether oxygens (including phenoxy) is 1. The van der Waals surface area contributed by atoms with Crippen LogP contribution in [0.2, 0.25) is 0 Å². The molecule has 2 aromatic carbocycles. The summed E-state index contributed by atoms with van der Waals surface area (Å²) in [6.45, 7) is 2.12. The molecule has 3 rings (SSSR count). The molecule has 0 fully saturated rings. The molecule has 0 atom stereocenters. The summed E-state index contributed by atoms with van der Waals surface area (Å²) < 4.78 is 5.27. The topological polar surface area (TPSA) is 75.3 Å². The summed E-state index contributed by atoms with van der Waals surface area (Å²) in [5, 5.41) is 0.531. The zero-order valence-electron chi connectivity index (χ0n) is 14.4. The third kappa shape index (κ3) is 3.38. The smallest absolute Gasteiger partial charge is 0.258 e. The summed E-state index contributed by atoms with van der Waals surface area (Å²) in [7, 11) is 3.24. The summed E-state index contributed by atoms with van der Waals surface area (Å²) >= 11 is 0. The van der Waals surface area contributed by atoms with Crippen LogP contribution in [0.1, 0.15) is 21.7 Å². The molecule has 0 radical (unpaired) electrons. The van der Waals surface area contributed by atoms with Gasteiger partial charge in [0.05, 0.1) is 24.6 Å². The van der Waals surface area contributed by atoms with Gasteiger partial charge < -0.3 is 14.6 Å². The van der Waals surface area contributed by atoms with E-state index in [0.29, 0.717) is 28.0 Å². The van der Waals surface area contributed by atoms with Crippen molar-refractivity contribution in [1.82, 2.24) is 14.9 Å². The molecule has 0 aliphatic rings. The Labute approximate surface area is 145 Å². The molecule has 0 unspecified atom stereocenters. The van der Waals surface area contributed by atoms with Crippen molar-refractivity contribution in [3.05, 3.63) is 69.8 Å². The van der Waals surface area contributed by atoms with Gasteiger partial charge in [0, 0.05) is 12.6 Å². The Balaban J connectivity index is 1.85. The first-order chi connectivity index (χ1) is 12.0. The molecule has 1 heterocycles. The molecule has 0 aliphatic heterocycles. The van der Waals surface area contributed by atoms with Gasteiger partial charge in [-0.05, 0) is 36.8 Å². The second kappa shape index (κ2) is 6.76. The van der Waals surface area contributed by atoms with Gasteiger partial charge in [0.15, 0.2) is 0 Å². The Morgan fingerprint density at radius 3 is 2.76 bits per heavy atom. The van der Waals surface area contributed by atoms with Crippen molar-refractivity contribution in [1.29, 1.82) is 0 Å². The Kier molecular flexibility index (Phi) is 4.52. The lowest BCUT2D eigenvalue weighted by Crippen LogP contribution is -2.28. The van der Waals surface area contributed by atoms with Crippen molar-refractivity contribution < 1.29 is 9.53 Å². The normalized spacial score (nSPS) is 10.7. The Morgan fingerprint density at radius 2 is 2.00 bits per heavy atom. The number of amides is 1. The lowest BCUT2D eigenvalue weighted by molar-refractivity contribution is 0.0781. The number of H-pyrrole nitrogens is 1. The first-order valence-electron chi connectivity index (χ1n) is 7.87. The van der Waals surface area contributed by atoms with Crippen LogP contribution in [0.15, 0.2) is 47.3 Å². The quantitative estimate of drug-likeness (QED) is 0.794. The molecule has 1 N–H and O–H groups in total. The van der Waals surface area contributed by atoms with Gasteiger partial charge >= 0.3 is 0 Å². The van der Waals surface area contributed by atoms with Crippen molar-refractivity contribution in [2.75, 3.05) is 14.2 Å². The van der Waals surface area contributed by atoms with Gasteiger partial charge in [0.2, 0.25) is 0 Å². The molecule has 0 bridgehead atoms. The number of benzene rings is 2. The standard InChI is InChI=1S/C19H19N3O3/c1-12-8-9-13(10-16(12)25-3)19(24)22(2)11-17-20-15-7-5-4-6-14(15)18(23)21-17/h4-10H,11H2,1-3H3,(H,20,21,23). The van der Waals surface area contributed by atoms with Crippen molar-refractivity contribution in [3.63, 3.8) is 0 Å². The van der Waals surface area contributed by atoms with Crippen LogP contribution in [0.5, 0.6) is 5.75 Å². The maximum Gasteiger partial charge on any atom is 0.258 e. The number of para-hydroxylation sites is 1. The van der Waals surface area contributed by atoms with Crippen molar-refractivity contribution in [2.24, 2.45) is 0 Å². The number of fused-ring (bicyclic) bond motifs is 1. The fraction of sp³-hybridized carbons (Fsp3) is 0.211. The number of aryl methyl sites for hydroxylation is 1. The van der Waals surface area contributed by atoms with Crippen LogP contribution in [0.3, 0.4) is 0 Å². The maximum absolute atomic E-state index is 12.6. The molecule has 0 saturated heterocycles. The monoisotopic (exact) mass is 337 g/mol. The SMILES string of the molecule is COc1cc(C(=O)N(C)Cc2nc3ccccc3c(=O)[nH]2)ccc1C. The minimum Gasteiger partial charge on any atom is -0.496 e. The van der Waals surface area contributed by atoms with Crippen LogP contribution >= 0.6 is 0 Å². The van der Waals surface area contributed by atoms with Crippen LogP contribution in [0.25, 0.3) is 10.9 Å². The number of carbonyl (C=O) groups excluding carboxylic acids is 1. The van der Waals surface area contributed by atoms with Gasteiger partial charge in [-0.1, -0.05) is 18.2 Å². The van der Waals surface area contributed by atoms with E-state index in [1.54, 1.807) is 44.5 Å². The summed E-state index contributed by atoms with van der Waals surface area (Å²) in [6.07, 6.45) is 0. The zero-order valence-corrected chi connectivity index (χ0v) is 14.4. The maximum atomic E-state index is 12.6. The molecular formula is C19H19N3O3. The third-order valence-electron chi connectivity index (χ3n) is 4.05. The van der Waals surface area contributed by atoms with Gasteiger partial charge in [-0.2, -0.15) is 0 Å². The molecule has 1 amide bonds. The molecule has 0 spiro atoms. The molecule has 128 valence electrons. The molecule has 0 aliphatic carbocycles. The largest absolute Gasteiger partial charge is 0.496 e. The van der Waals surface area contributed by atoms with Crippen molar-refractivity contribution in [3.8, 4) is 5.75 Å². The van der Waals surface area contributed by atoms with Crippen LogP contribution in [-0.2, 0) is 6.54 Å². The summed E-state index contributed by atoms with van der Waals surface area (Å²) in [5.41, 5.74) is 1.88. The van der Waals surface area contributed by atoms with E-state index in [1.807, 2.05) is 19.1 Å². The summed E-state index contributed by atoms with van der Waals surface area (Å²) in [4.78, 5) is 33.4. The second-order valence-electron chi connectivity index (χ2n) is 5.88. The van der Waals surface area contributed by atoms with Gasteiger partial charge in [-0.15, -0.1) is 0 Å². The van der Waals surface area contributed by atoms with E-state index in [9.17, 15) is 9.59 Å². The number of rotatable bonds is 4. The average Bonchev–Trinajstić information content (AvgIpc) is 2.61. The number of nitrogens with one attached hydrogen (secondary N) is 1. The highest BCUT2D eigenvalue weighted by Crippen LogP contribution is 2.20. The van der Waals surface area contributed by atoms with E-state index in [4.69, 9.17) is 4.74 Å². The van der Waals surface area contributed by atoms with E-state index in [0.717, 1.165) is 5.56 Å². The molecule has 6 nitrogen and oxygen atoms in total. The number of nitrogens with zero attached hydrogens (tertiary/aromatic N) is 2. The average molecular weight is 337 g/mol. The van der Waals surface area contributed by atoms with E-state index >= 15 is 0 Å². The predicted octanol–water partition coefficient (Wildman–Crippen LogP) is 2.51. The molecule has 25 heavy (non-hydrogen) atoms. The number of aromatic amines is 1. The lowest BCUT2D eigenvalue weighted by Gasteiger charge is -2.17. The fourth-order valence-electron chi connectivity index (χ4n) is 2.68. The van der Waals surface area contributed by atoms with E-state index in [1.165, 1.54) is 4.90 Å². The number of aromatic nitrogens is 2. The molecule has 0 saturated carbocycles.